The van der Waals surface area contributed by atoms with Crippen LogP contribution >= 0.6 is 11.8 Å². The molecule has 3 nitrogen and oxygen atoms in total. The van der Waals surface area contributed by atoms with E-state index < -0.39 is 0 Å². The summed E-state index contributed by atoms with van der Waals surface area (Å²) >= 11 is 1.69. The zero-order valence-corrected chi connectivity index (χ0v) is 12.4. The fraction of sp³-hybridized carbons (Fsp3) is 0.400. The summed E-state index contributed by atoms with van der Waals surface area (Å²) < 4.78 is 5.13. The Kier molecular flexibility index (Phi) is 7.09. The first-order valence-electron chi connectivity index (χ1n) is 6.29. The first-order valence-corrected chi connectivity index (χ1v) is 7.27. The van der Waals surface area contributed by atoms with Crippen molar-refractivity contribution < 1.29 is 4.74 Å². The van der Waals surface area contributed by atoms with Crippen molar-refractivity contribution in [1.82, 2.24) is 0 Å². The summed E-state index contributed by atoms with van der Waals surface area (Å²) in [5, 5.41) is 9.42. The molecule has 0 bridgehead atoms. The zero-order valence-electron chi connectivity index (χ0n) is 11.6. The largest absolute Gasteiger partial charge is 0.383 e. The van der Waals surface area contributed by atoms with Crippen LogP contribution in [-0.2, 0) is 4.74 Å². The van der Waals surface area contributed by atoms with E-state index in [1.54, 1.807) is 18.9 Å². The number of thioether (sulfide) groups is 1. The highest BCUT2D eigenvalue weighted by molar-refractivity contribution is 7.99. The Bertz CT molecular complexity index is 454. The van der Waals surface area contributed by atoms with Crippen LogP contribution in [0.4, 0.5) is 5.69 Å². The summed E-state index contributed by atoms with van der Waals surface area (Å²) in [6.45, 7) is 7.95. The molecule has 0 aliphatic carbocycles. The van der Waals surface area contributed by atoms with Crippen molar-refractivity contribution in [2.75, 3.05) is 37.5 Å². The van der Waals surface area contributed by atoms with Crippen molar-refractivity contribution in [3.8, 4) is 6.07 Å². The molecular formula is C15H20N2OS. The third-order valence-electron chi connectivity index (χ3n) is 2.67. The summed E-state index contributed by atoms with van der Waals surface area (Å²) in [5.74, 6) is 0.956. The number of hydrogen-bond donors (Lipinski definition) is 0. The lowest BCUT2D eigenvalue weighted by atomic mass is 10.1. The van der Waals surface area contributed by atoms with E-state index in [1.165, 1.54) is 0 Å². The average Bonchev–Trinajstić information content (AvgIpc) is 2.43. The average molecular weight is 276 g/mol. The van der Waals surface area contributed by atoms with Crippen LogP contribution in [0.25, 0.3) is 0 Å². The van der Waals surface area contributed by atoms with E-state index in [-0.39, 0.29) is 0 Å². The molecule has 0 heterocycles. The van der Waals surface area contributed by atoms with Crippen molar-refractivity contribution in [2.24, 2.45) is 0 Å². The number of ether oxygens (including phenoxy) is 1. The number of methoxy groups -OCH3 is 1. The van der Waals surface area contributed by atoms with Crippen LogP contribution in [0.5, 0.6) is 0 Å². The second-order valence-electron chi connectivity index (χ2n) is 3.92. The predicted octanol–water partition coefficient (Wildman–Crippen LogP) is 3.31. The van der Waals surface area contributed by atoms with E-state index in [4.69, 9.17) is 4.74 Å². The molecule has 19 heavy (non-hydrogen) atoms. The van der Waals surface area contributed by atoms with Crippen LogP contribution in [0.2, 0.25) is 0 Å². The van der Waals surface area contributed by atoms with Crippen LogP contribution in [0.1, 0.15) is 12.5 Å². The maximum absolute atomic E-state index is 9.42. The Morgan fingerprint density at radius 2 is 2.32 bits per heavy atom. The molecule has 0 saturated heterocycles. The molecule has 102 valence electrons. The lowest BCUT2D eigenvalue weighted by molar-refractivity contribution is 0.206. The van der Waals surface area contributed by atoms with Crippen molar-refractivity contribution in [3.05, 3.63) is 36.4 Å². The second-order valence-corrected chi connectivity index (χ2v) is 5.23. The molecule has 0 N–H and O–H groups in total. The van der Waals surface area contributed by atoms with Gasteiger partial charge in [-0.2, -0.15) is 5.26 Å². The van der Waals surface area contributed by atoms with E-state index in [0.29, 0.717) is 13.2 Å². The van der Waals surface area contributed by atoms with Gasteiger partial charge in [0, 0.05) is 25.1 Å². The number of nitrogens with zero attached hydrogens (tertiary/aromatic N) is 2. The summed E-state index contributed by atoms with van der Waals surface area (Å²) in [5.41, 5.74) is 1.70. The second kappa shape index (κ2) is 8.63. The molecule has 0 aliphatic rings. The quantitative estimate of drug-likeness (QED) is 0.539. The highest BCUT2D eigenvalue weighted by Gasteiger charge is 2.13. The minimum absolute atomic E-state index is 0.629. The lowest BCUT2D eigenvalue weighted by Gasteiger charge is -2.24. The first kappa shape index (κ1) is 15.6. The summed E-state index contributed by atoms with van der Waals surface area (Å²) in [6.07, 6.45) is 1.84. The van der Waals surface area contributed by atoms with Gasteiger partial charge in [-0.1, -0.05) is 19.1 Å². The predicted molar refractivity (Wildman–Crippen MR) is 81.8 cm³/mol. The third kappa shape index (κ3) is 4.30. The normalized spacial score (nSPS) is 9.95. The van der Waals surface area contributed by atoms with Crippen LogP contribution in [-0.4, -0.2) is 32.6 Å². The standard InChI is InChI=1S/C15H20N2OS/c1-4-9-17(10-11-18-3)14-7-6-8-15(19-5-2)13(14)12-16/h4,6-8H,1,5,9-11H2,2-3H3. The van der Waals surface area contributed by atoms with Gasteiger partial charge in [0.1, 0.15) is 6.07 Å². The van der Waals surface area contributed by atoms with Gasteiger partial charge in [0.2, 0.25) is 0 Å². The zero-order chi connectivity index (χ0) is 14.1. The fourth-order valence-electron chi connectivity index (χ4n) is 1.84. The van der Waals surface area contributed by atoms with Gasteiger partial charge in [0.05, 0.1) is 17.9 Å². The molecule has 1 rings (SSSR count). The van der Waals surface area contributed by atoms with Gasteiger partial charge < -0.3 is 9.64 Å². The highest BCUT2D eigenvalue weighted by atomic mass is 32.2. The van der Waals surface area contributed by atoms with Crippen LogP contribution in [0, 0.1) is 11.3 Å². The van der Waals surface area contributed by atoms with Crippen molar-refractivity contribution in [1.29, 1.82) is 5.26 Å². The van der Waals surface area contributed by atoms with E-state index in [2.05, 4.69) is 24.5 Å². The molecule has 4 heteroatoms. The Hall–Kier alpha value is -1.44. The van der Waals surface area contributed by atoms with Gasteiger partial charge in [-0.25, -0.2) is 0 Å². The minimum Gasteiger partial charge on any atom is -0.383 e. The maximum Gasteiger partial charge on any atom is 0.103 e. The topological polar surface area (TPSA) is 36.3 Å². The molecule has 0 unspecified atom stereocenters. The molecule has 0 saturated carbocycles. The number of hydrogen-bond acceptors (Lipinski definition) is 4. The first-order chi connectivity index (χ1) is 9.28. The van der Waals surface area contributed by atoms with E-state index >= 15 is 0 Å². The summed E-state index contributed by atoms with van der Waals surface area (Å²) in [4.78, 5) is 3.16. The van der Waals surface area contributed by atoms with Gasteiger partial charge in [0.25, 0.3) is 0 Å². The maximum atomic E-state index is 9.42. The molecule has 0 aliphatic heterocycles. The molecule has 0 aromatic heterocycles. The molecule has 0 amide bonds. The van der Waals surface area contributed by atoms with Gasteiger partial charge in [-0.05, 0) is 17.9 Å². The number of nitriles is 1. The molecule has 0 fully saturated rings. The van der Waals surface area contributed by atoms with Crippen molar-refractivity contribution >= 4 is 17.4 Å². The van der Waals surface area contributed by atoms with Gasteiger partial charge in [-0.15, -0.1) is 18.3 Å². The van der Waals surface area contributed by atoms with Crippen LogP contribution in [0.3, 0.4) is 0 Å². The molecule has 1 aromatic rings. The lowest BCUT2D eigenvalue weighted by Crippen LogP contribution is -2.28. The molecule has 0 spiro atoms. The highest BCUT2D eigenvalue weighted by Crippen LogP contribution is 2.30. The summed E-state index contributed by atoms with van der Waals surface area (Å²) in [7, 11) is 1.68. The SMILES string of the molecule is C=CCN(CCOC)c1cccc(SCC)c1C#N. The van der Waals surface area contributed by atoms with E-state index in [1.807, 2.05) is 24.3 Å². The Balaban J connectivity index is 3.10. The third-order valence-corrected chi connectivity index (χ3v) is 3.61. The smallest absolute Gasteiger partial charge is 0.103 e. The molecular weight excluding hydrogens is 256 g/mol. The molecule has 0 radical (unpaired) electrons. The Morgan fingerprint density at radius 1 is 1.53 bits per heavy atom. The number of benzene rings is 1. The summed E-state index contributed by atoms with van der Waals surface area (Å²) in [6, 6.07) is 8.31. The van der Waals surface area contributed by atoms with Gasteiger partial charge in [-0.3, -0.25) is 0 Å². The van der Waals surface area contributed by atoms with Crippen LogP contribution in [0.15, 0.2) is 35.7 Å². The van der Waals surface area contributed by atoms with Crippen molar-refractivity contribution in [3.63, 3.8) is 0 Å². The van der Waals surface area contributed by atoms with Crippen LogP contribution < -0.4 is 4.90 Å². The molecule has 0 atom stereocenters. The van der Waals surface area contributed by atoms with Crippen molar-refractivity contribution in [2.45, 2.75) is 11.8 Å². The van der Waals surface area contributed by atoms with Gasteiger partial charge in [0.15, 0.2) is 0 Å². The molecule has 1 aromatic carbocycles. The number of rotatable bonds is 8. The fourth-order valence-corrected chi connectivity index (χ4v) is 2.62. The van der Waals surface area contributed by atoms with Gasteiger partial charge >= 0.3 is 0 Å². The Labute approximate surface area is 119 Å². The van der Waals surface area contributed by atoms with E-state index in [9.17, 15) is 5.26 Å². The minimum atomic E-state index is 0.629. The Morgan fingerprint density at radius 3 is 2.89 bits per heavy atom. The monoisotopic (exact) mass is 276 g/mol. The van der Waals surface area contributed by atoms with E-state index in [0.717, 1.165) is 28.4 Å². The number of anilines is 1.